The molecule has 4 nitrogen and oxygen atoms in total. The summed E-state index contributed by atoms with van der Waals surface area (Å²) in [5, 5.41) is 4.91. The predicted molar refractivity (Wildman–Crippen MR) is 287 cm³/mol. The lowest BCUT2D eigenvalue weighted by Crippen LogP contribution is -2.10. The zero-order valence-corrected chi connectivity index (χ0v) is 38.4. The standard InChI is InChI=1S/C61H43IN4/c1-42-20-28-48(29-21-42)63(52-36-38-60-56(40-52)54-16-8-10-18-58(54)65(60)46-12-4-2-5-13-46)49-30-22-43(23-31-49)44-24-32-50(33-25-44)64(51-34-26-45(62)27-35-51)53-37-39-61-57(41-53)55-17-9-11-19-59(55)66(61)47-14-6-3-7-15-47/h2-41H,1H3. The maximum atomic E-state index is 2.39. The van der Waals surface area contributed by atoms with Gasteiger partial charge in [-0.25, -0.2) is 0 Å². The molecule has 0 saturated heterocycles. The molecule has 0 saturated carbocycles. The van der Waals surface area contributed by atoms with Crippen molar-refractivity contribution in [2.45, 2.75) is 6.92 Å². The third kappa shape index (κ3) is 7.00. The molecule has 0 fully saturated rings. The van der Waals surface area contributed by atoms with E-state index in [1.807, 2.05) is 0 Å². The van der Waals surface area contributed by atoms with Gasteiger partial charge in [0.15, 0.2) is 0 Å². The summed E-state index contributed by atoms with van der Waals surface area (Å²) in [6, 6.07) is 88.1. The van der Waals surface area contributed by atoms with Crippen molar-refractivity contribution in [1.29, 1.82) is 0 Å². The van der Waals surface area contributed by atoms with Crippen LogP contribution >= 0.6 is 22.6 Å². The lowest BCUT2D eigenvalue weighted by molar-refractivity contribution is 1.18. The molecule has 0 aliphatic carbocycles. The second-order valence-electron chi connectivity index (χ2n) is 16.9. The molecule has 0 unspecified atom stereocenters. The molecule has 0 aliphatic heterocycles. The number of anilines is 6. The Morgan fingerprint density at radius 1 is 0.303 bits per heavy atom. The Hall–Kier alpha value is -7.87. The number of para-hydroxylation sites is 4. The molecule has 314 valence electrons. The molecule has 0 amide bonds. The average molecular weight is 959 g/mol. The summed E-state index contributed by atoms with van der Waals surface area (Å²) in [6.45, 7) is 2.14. The van der Waals surface area contributed by atoms with E-state index in [1.54, 1.807) is 0 Å². The molecule has 0 spiro atoms. The molecule has 0 N–H and O–H groups in total. The van der Waals surface area contributed by atoms with E-state index in [9.17, 15) is 0 Å². The number of nitrogens with zero attached hydrogens (tertiary/aromatic N) is 4. The van der Waals surface area contributed by atoms with Crippen molar-refractivity contribution in [1.82, 2.24) is 9.13 Å². The zero-order valence-electron chi connectivity index (χ0n) is 36.3. The fourth-order valence-electron chi connectivity index (χ4n) is 9.69. The highest BCUT2D eigenvalue weighted by Crippen LogP contribution is 2.43. The van der Waals surface area contributed by atoms with Crippen LogP contribution in [0.25, 0.3) is 66.1 Å². The van der Waals surface area contributed by atoms with Crippen LogP contribution in [0.3, 0.4) is 0 Å². The number of hydrogen-bond acceptors (Lipinski definition) is 2. The summed E-state index contributed by atoms with van der Waals surface area (Å²) < 4.78 is 5.94. The van der Waals surface area contributed by atoms with Gasteiger partial charge in [0.25, 0.3) is 0 Å². The van der Waals surface area contributed by atoms with E-state index in [2.05, 4.69) is 291 Å². The largest absolute Gasteiger partial charge is 0.310 e. The fraction of sp³-hybridized carbons (Fsp3) is 0.0164. The molecular weight excluding hydrogens is 916 g/mol. The minimum Gasteiger partial charge on any atom is -0.310 e. The van der Waals surface area contributed by atoms with Crippen LogP contribution in [0.1, 0.15) is 5.56 Å². The van der Waals surface area contributed by atoms with E-state index in [0.717, 1.165) is 56.6 Å². The maximum absolute atomic E-state index is 2.39. The van der Waals surface area contributed by atoms with E-state index in [0.29, 0.717) is 0 Å². The molecule has 12 rings (SSSR count). The molecule has 0 bridgehead atoms. The Morgan fingerprint density at radius 2 is 0.636 bits per heavy atom. The van der Waals surface area contributed by atoms with Crippen molar-refractivity contribution in [2.24, 2.45) is 0 Å². The Balaban J connectivity index is 0.910. The summed E-state index contributed by atoms with van der Waals surface area (Å²) in [5.41, 5.74) is 17.3. The fourth-order valence-corrected chi connectivity index (χ4v) is 10.1. The summed E-state index contributed by atoms with van der Waals surface area (Å²) in [4.78, 5) is 4.73. The smallest absolute Gasteiger partial charge is 0.0542 e. The summed E-state index contributed by atoms with van der Waals surface area (Å²) >= 11 is 2.39. The van der Waals surface area contributed by atoms with E-state index in [-0.39, 0.29) is 0 Å². The minimum absolute atomic E-state index is 1.09. The van der Waals surface area contributed by atoms with Crippen LogP contribution in [0.4, 0.5) is 34.1 Å². The first-order valence-corrected chi connectivity index (χ1v) is 23.4. The number of benzene rings is 10. The van der Waals surface area contributed by atoms with Crippen LogP contribution < -0.4 is 9.80 Å². The number of hydrogen-bond donors (Lipinski definition) is 0. The molecule has 12 aromatic rings. The van der Waals surface area contributed by atoms with Crippen molar-refractivity contribution < 1.29 is 0 Å². The summed E-state index contributed by atoms with van der Waals surface area (Å²) in [5.74, 6) is 0. The predicted octanol–water partition coefficient (Wildman–Crippen LogP) is 17.4. The van der Waals surface area contributed by atoms with Gasteiger partial charge in [-0.1, -0.05) is 115 Å². The van der Waals surface area contributed by atoms with E-state index < -0.39 is 0 Å². The van der Waals surface area contributed by atoms with Gasteiger partial charge in [0.1, 0.15) is 0 Å². The first-order chi connectivity index (χ1) is 32.6. The highest BCUT2D eigenvalue weighted by atomic mass is 127. The van der Waals surface area contributed by atoms with E-state index in [1.165, 1.54) is 52.7 Å². The van der Waals surface area contributed by atoms with Crippen molar-refractivity contribution in [3.8, 4) is 22.5 Å². The molecule has 0 atom stereocenters. The Morgan fingerprint density at radius 3 is 1.06 bits per heavy atom. The number of fused-ring (bicyclic) bond motifs is 6. The molecule has 0 radical (unpaired) electrons. The molecule has 66 heavy (non-hydrogen) atoms. The van der Waals surface area contributed by atoms with E-state index >= 15 is 0 Å². The van der Waals surface area contributed by atoms with Crippen LogP contribution in [0.15, 0.2) is 243 Å². The number of aryl methyl sites for hydroxylation is 1. The molecule has 2 aromatic heterocycles. The molecule has 10 aromatic carbocycles. The van der Waals surface area contributed by atoms with Crippen LogP contribution in [0.5, 0.6) is 0 Å². The van der Waals surface area contributed by atoms with Gasteiger partial charge in [0.05, 0.1) is 22.1 Å². The number of halogens is 1. The average Bonchev–Trinajstić information content (AvgIpc) is 3.89. The second kappa shape index (κ2) is 16.6. The van der Waals surface area contributed by atoms with Crippen molar-refractivity contribution in [3.63, 3.8) is 0 Å². The highest BCUT2D eigenvalue weighted by molar-refractivity contribution is 14.1. The molecule has 5 heteroatoms. The SMILES string of the molecule is Cc1ccc(N(c2ccc(-c3ccc(N(c4ccc(I)cc4)c4ccc5c(c4)c4ccccc4n5-c4ccccc4)cc3)cc2)c2ccc3c(c2)c2ccccc2n3-c2ccccc2)cc1. The van der Waals surface area contributed by atoms with Crippen molar-refractivity contribution in [2.75, 3.05) is 9.80 Å². The molecule has 0 aliphatic rings. The number of aromatic nitrogens is 2. The summed E-state index contributed by atoms with van der Waals surface area (Å²) in [6.07, 6.45) is 0. The first kappa shape index (κ1) is 39.7. The van der Waals surface area contributed by atoms with Gasteiger partial charge >= 0.3 is 0 Å². The first-order valence-electron chi connectivity index (χ1n) is 22.4. The maximum Gasteiger partial charge on any atom is 0.0542 e. The van der Waals surface area contributed by atoms with Gasteiger partial charge in [0, 0.05) is 70.6 Å². The lowest BCUT2D eigenvalue weighted by atomic mass is 10.0. The zero-order chi connectivity index (χ0) is 44.1. The van der Waals surface area contributed by atoms with Crippen LogP contribution in [0.2, 0.25) is 0 Å². The van der Waals surface area contributed by atoms with E-state index in [4.69, 9.17) is 0 Å². The molecule has 2 heterocycles. The Bertz CT molecular complexity index is 3440. The van der Waals surface area contributed by atoms with Crippen molar-refractivity contribution >= 4 is 100 Å². The second-order valence-corrected chi connectivity index (χ2v) is 18.1. The van der Waals surface area contributed by atoms with Crippen LogP contribution in [-0.2, 0) is 0 Å². The number of rotatable bonds is 9. The quantitative estimate of drug-likeness (QED) is 0.134. The van der Waals surface area contributed by atoms with Gasteiger partial charge in [-0.05, 0) is 174 Å². The summed E-state index contributed by atoms with van der Waals surface area (Å²) in [7, 11) is 0. The van der Waals surface area contributed by atoms with Gasteiger partial charge in [-0.3, -0.25) is 0 Å². The normalized spacial score (nSPS) is 11.5. The Kier molecular flexibility index (Phi) is 9.99. The van der Waals surface area contributed by atoms with Gasteiger partial charge in [-0.2, -0.15) is 0 Å². The van der Waals surface area contributed by atoms with Gasteiger partial charge in [-0.15, -0.1) is 0 Å². The van der Waals surface area contributed by atoms with Crippen molar-refractivity contribution in [3.05, 3.63) is 252 Å². The third-order valence-corrected chi connectivity index (χ3v) is 13.5. The lowest BCUT2D eigenvalue weighted by Gasteiger charge is -2.26. The van der Waals surface area contributed by atoms with Gasteiger partial charge < -0.3 is 18.9 Å². The Labute approximate surface area is 398 Å². The highest BCUT2D eigenvalue weighted by Gasteiger charge is 2.20. The molecular formula is C61H43IN4. The minimum atomic E-state index is 1.09. The monoisotopic (exact) mass is 958 g/mol. The van der Waals surface area contributed by atoms with Crippen LogP contribution in [0, 0.1) is 10.5 Å². The topological polar surface area (TPSA) is 16.3 Å². The third-order valence-electron chi connectivity index (χ3n) is 12.8. The van der Waals surface area contributed by atoms with Gasteiger partial charge in [0.2, 0.25) is 0 Å². The van der Waals surface area contributed by atoms with Crippen LogP contribution in [-0.4, -0.2) is 9.13 Å².